The van der Waals surface area contributed by atoms with Crippen LogP contribution in [0.2, 0.25) is 10.0 Å². The Kier molecular flexibility index (Phi) is 4.88. The highest BCUT2D eigenvalue weighted by atomic mass is 35.5. The third-order valence-electron chi connectivity index (χ3n) is 3.76. The fourth-order valence-corrected chi connectivity index (χ4v) is 4.70. The second-order valence-corrected chi connectivity index (χ2v) is 8.11. The minimum absolute atomic E-state index is 0.0116. The van der Waals surface area contributed by atoms with Gasteiger partial charge < -0.3 is 4.98 Å². The summed E-state index contributed by atoms with van der Waals surface area (Å²) >= 11 is 11.9. The minimum Gasteiger partial charge on any atom is -0.361 e. The first-order valence-corrected chi connectivity index (χ1v) is 9.64. The van der Waals surface area contributed by atoms with Crippen LogP contribution in [0.25, 0.3) is 10.9 Å². The lowest BCUT2D eigenvalue weighted by atomic mass is 10.1. The summed E-state index contributed by atoms with van der Waals surface area (Å²) < 4.78 is 27.8. The molecule has 2 aromatic carbocycles. The Morgan fingerprint density at radius 2 is 1.88 bits per heavy atom. The molecule has 3 aromatic rings. The van der Waals surface area contributed by atoms with Crippen LogP contribution in [0.1, 0.15) is 12.5 Å². The van der Waals surface area contributed by atoms with Crippen molar-refractivity contribution in [1.82, 2.24) is 9.71 Å². The molecular formula is C17H16Cl2N2O2S. The number of halogens is 2. The second-order valence-electron chi connectivity index (χ2n) is 5.64. The van der Waals surface area contributed by atoms with Crippen molar-refractivity contribution in [3.8, 4) is 0 Å². The number of hydrogen-bond acceptors (Lipinski definition) is 2. The summed E-state index contributed by atoms with van der Waals surface area (Å²) in [5.41, 5.74) is 2.08. The van der Waals surface area contributed by atoms with Crippen LogP contribution in [0.3, 0.4) is 0 Å². The molecule has 0 aliphatic rings. The SMILES string of the molecule is CC(Cc1c[nH]c2ccccc12)NS(=O)(=O)c1cccc(Cl)c1Cl. The smallest absolute Gasteiger partial charge is 0.242 e. The molecule has 1 atom stereocenters. The summed E-state index contributed by atoms with van der Waals surface area (Å²) in [5, 5.41) is 1.33. The van der Waals surface area contributed by atoms with Gasteiger partial charge in [-0.25, -0.2) is 13.1 Å². The molecule has 1 unspecified atom stereocenters. The molecule has 24 heavy (non-hydrogen) atoms. The minimum atomic E-state index is -3.75. The molecule has 1 aromatic heterocycles. The Morgan fingerprint density at radius 3 is 2.67 bits per heavy atom. The van der Waals surface area contributed by atoms with Crippen LogP contribution >= 0.6 is 23.2 Å². The molecule has 7 heteroatoms. The van der Waals surface area contributed by atoms with Gasteiger partial charge in [0.2, 0.25) is 10.0 Å². The van der Waals surface area contributed by atoms with E-state index < -0.39 is 10.0 Å². The van der Waals surface area contributed by atoms with Gasteiger partial charge in [-0.1, -0.05) is 47.5 Å². The van der Waals surface area contributed by atoms with Gasteiger partial charge in [-0.05, 0) is 37.1 Å². The maximum absolute atomic E-state index is 12.5. The van der Waals surface area contributed by atoms with Gasteiger partial charge in [-0.3, -0.25) is 0 Å². The van der Waals surface area contributed by atoms with Crippen molar-refractivity contribution in [1.29, 1.82) is 0 Å². The number of para-hydroxylation sites is 1. The van der Waals surface area contributed by atoms with Gasteiger partial charge in [-0.2, -0.15) is 0 Å². The molecule has 4 nitrogen and oxygen atoms in total. The summed E-state index contributed by atoms with van der Waals surface area (Å²) in [6.45, 7) is 1.82. The molecule has 2 N–H and O–H groups in total. The highest BCUT2D eigenvalue weighted by molar-refractivity contribution is 7.89. The molecule has 0 saturated heterocycles. The van der Waals surface area contributed by atoms with Crippen LogP contribution in [0.4, 0.5) is 0 Å². The quantitative estimate of drug-likeness (QED) is 0.687. The monoisotopic (exact) mass is 382 g/mol. The lowest BCUT2D eigenvalue weighted by molar-refractivity contribution is 0.560. The fourth-order valence-electron chi connectivity index (χ4n) is 2.69. The Morgan fingerprint density at radius 1 is 1.12 bits per heavy atom. The van der Waals surface area contributed by atoms with Crippen molar-refractivity contribution >= 4 is 44.1 Å². The average molecular weight is 383 g/mol. The number of rotatable bonds is 5. The molecule has 0 saturated carbocycles. The van der Waals surface area contributed by atoms with Crippen molar-refractivity contribution in [2.75, 3.05) is 0 Å². The third kappa shape index (κ3) is 3.44. The van der Waals surface area contributed by atoms with Gasteiger partial charge in [0.1, 0.15) is 4.90 Å². The Bertz CT molecular complexity index is 983. The van der Waals surface area contributed by atoms with E-state index in [4.69, 9.17) is 23.2 Å². The zero-order valence-electron chi connectivity index (χ0n) is 12.9. The number of aromatic amines is 1. The summed E-state index contributed by atoms with van der Waals surface area (Å²) in [6.07, 6.45) is 2.46. The first-order chi connectivity index (χ1) is 11.4. The van der Waals surface area contributed by atoms with Gasteiger partial charge in [-0.15, -0.1) is 0 Å². The standard InChI is InChI=1S/C17H16Cl2N2O2S/c1-11(9-12-10-20-15-7-3-2-5-13(12)15)21-24(22,23)16-8-4-6-14(18)17(16)19/h2-8,10-11,20-21H,9H2,1H3. The first kappa shape index (κ1) is 17.3. The lowest BCUT2D eigenvalue weighted by Gasteiger charge is -2.15. The van der Waals surface area contributed by atoms with Gasteiger partial charge in [0.15, 0.2) is 0 Å². The number of benzene rings is 2. The number of aromatic nitrogens is 1. The molecule has 0 amide bonds. The van der Waals surface area contributed by atoms with Gasteiger partial charge >= 0.3 is 0 Å². The predicted octanol–water partition coefficient (Wildman–Crippen LogP) is 4.38. The molecular weight excluding hydrogens is 367 g/mol. The number of fused-ring (bicyclic) bond motifs is 1. The van der Waals surface area contributed by atoms with Crippen LogP contribution < -0.4 is 4.72 Å². The zero-order valence-corrected chi connectivity index (χ0v) is 15.2. The van der Waals surface area contributed by atoms with Crippen molar-refractivity contribution < 1.29 is 8.42 Å². The molecule has 0 aliphatic carbocycles. The second kappa shape index (κ2) is 6.76. The van der Waals surface area contributed by atoms with E-state index in [0.29, 0.717) is 6.42 Å². The molecule has 0 spiro atoms. The third-order valence-corrected chi connectivity index (χ3v) is 6.33. The lowest BCUT2D eigenvalue weighted by Crippen LogP contribution is -2.34. The van der Waals surface area contributed by atoms with E-state index in [1.807, 2.05) is 37.4 Å². The highest BCUT2D eigenvalue weighted by Crippen LogP contribution is 2.29. The molecule has 0 radical (unpaired) electrons. The topological polar surface area (TPSA) is 62.0 Å². The largest absolute Gasteiger partial charge is 0.361 e. The Hall–Kier alpha value is -1.53. The first-order valence-electron chi connectivity index (χ1n) is 7.40. The number of H-pyrrole nitrogens is 1. The van der Waals surface area contributed by atoms with E-state index in [2.05, 4.69) is 9.71 Å². The van der Waals surface area contributed by atoms with E-state index >= 15 is 0 Å². The van der Waals surface area contributed by atoms with E-state index in [-0.39, 0.29) is 21.0 Å². The van der Waals surface area contributed by atoms with E-state index in [0.717, 1.165) is 16.5 Å². The van der Waals surface area contributed by atoms with Crippen molar-refractivity contribution in [3.05, 3.63) is 64.3 Å². The molecule has 0 aliphatic heterocycles. The van der Waals surface area contributed by atoms with Gasteiger partial charge in [0.25, 0.3) is 0 Å². The fraction of sp³-hybridized carbons (Fsp3) is 0.176. The van der Waals surface area contributed by atoms with E-state index in [1.54, 1.807) is 12.1 Å². The number of sulfonamides is 1. The summed E-state index contributed by atoms with van der Waals surface area (Å²) in [6, 6.07) is 12.2. The molecule has 0 bridgehead atoms. The van der Waals surface area contributed by atoms with E-state index in [1.165, 1.54) is 6.07 Å². The number of hydrogen-bond donors (Lipinski definition) is 2. The van der Waals surface area contributed by atoms with Crippen LogP contribution in [-0.4, -0.2) is 19.4 Å². The molecule has 126 valence electrons. The Balaban J connectivity index is 1.81. The Labute approximate surface area is 150 Å². The molecule has 0 fully saturated rings. The molecule has 3 rings (SSSR count). The predicted molar refractivity (Wildman–Crippen MR) is 98.2 cm³/mol. The maximum Gasteiger partial charge on any atom is 0.242 e. The average Bonchev–Trinajstić information content (AvgIpc) is 2.92. The maximum atomic E-state index is 12.5. The number of nitrogens with one attached hydrogen (secondary N) is 2. The van der Waals surface area contributed by atoms with Crippen LogP contribution in [0, 0.1) is 0 Å². The van der Waals surface area contributed by atoms with Crippen molar-refractivity contribution in [3.63, 3.8) is 0 Å². The highest BCUT2D eigenvalue weighted by Gasteiger charge is 2.22. The summed E-state index contributed by atoms with van der Waals surface area (Å²) in [5.74, 6) is 0. The van der Waals surface area contributed by atoms with Gasteiger partial charge in [0.05, 0.1) is 10.0 Å². The van der Waals surface area contributed by atoms with Crippen molar-refractivity contribution in [2.45, 2.75) is 24.3 Å². The molecule has 1 heterocycles. The summed E-state index contributed by atoms with van der Waals surface area (Å²) in [7, 11) is -3.75. The van der Waals surface area contributed by atoms with Crippen LogP contribution in [0.5, 0.6) is 0 Å². The van der Waals surface area contributed by atoms with E-state index in [9.17, 15) is 8.42 Å². The zero-order chi connectivity index (χ0) is 17.3. The van der Waals surface area contributed by atoms with Crippen molar-refractivity contribution in [2.24, 2.45) is 0 Å². The van der Waals surface area contributed by atoms with Gasteiger partial charge in [0, 0.05) is 23.1 Å². The summed E-state index contributed by atoms with van der Waals surface area (Å²) in [4.78, 5) is 3.18. The van der Waals surface area contributed by atoms with Crippen LogP contribution in [-0.2, 0) is 16.4 Å². The van der Waals surface area contributed by atoms with Crippen LogP contribution in [0.15, 0.2) is 53.6 Å². The normalized spacial score (nSPS) is 13.3.